The Bertz CT molecular complexity index is 1250. The molecule has 0 atom stereocenters. The van der Waals surface area contributed by atoms with E-state index in [9.17, 15) is 28.1 Å². The first-order valence-corrected chi connectivity index (χ1v) is 11.2. The molecule has 34 heavy (non-hydrogen) atoms. The second kappa shape index (κ2) is 11.9. The molecule has 0 aliphatic heterocycles. The zero-order valence-electron chi connectivity index (χ0n) is 17.7. The number of nitrogens with zero attached hydrogens (tertiary/aromatic N) is 4. The number of esters is 1. The van der Waals surface area contributed by atoms with Gasteiger partial charge >= 0.3 is 5.97 Å². The Balaban J connectivity index is 2.16. The SMILES string of the molecule is N#CCCN(CCC#N)C(=O)COC(=O)c1ccccc1NS(=O)(=O)c1cccc([N+](=O)[O-])c1. The van der Waals surface area contributed by atoms with Gasteiger partial charge in [0.15, 0.2) is 6.61 Å². The van der Waals surface area contributed by atoms with Gasteiger partial charge in [0.05, 0.1) is 46.0 Å². The molecule has 0 aliphatic rings. The maximum atomic E-state index is 12.7. The number of sulfonamides is 1. The van der Waals surface area contributed by atoms with Crippen molar-refractivity contribution < 1.29 is 27.7 Å². The normalized spacial score (nSPS) is 10.4. The van der Waals surface area contributed by atoms with Crippen molar-refractivity contribution in [3.8, 4) is 12.1 Å². The molecular formula is C21H19N5O7S. The van der Waals surface area contributed by atoms with Crippen LogP contribution < -0.4 is 4.72 Å². The molecule has 1 N–H and O–H groups in total. The summed E-state index contributed by atoms with van der Waals surface area (Å²) < 4.78 is 32.6. The van der Waals surface area contributed by atoms with E-state index < -0.39 is 39.1 Å². The average Bonchev–Trinajstić information content (AvgIpc) is 2.82. The van der Waals surface area contributed by atoms with Crippen LogP contribution in [0.4, 0.5) is 11.4 Å². The van der Waals surface area contributed by atoms with E-state index in [4.69, 9.17) is 15.3 Å². The van der Waals surface area contributed by atoms with E-state index in [1.807, 2.05) is 12.1 Å². The molecule has 1 amide bonds. The Hall–Kier alpha value is -4.49. The van der Waals surface area contributed by atoms with Gasteiger partial charge in [-0.25, -0.2) is 13.2 Å². The number of para-hydroxylation sites is 1. The summed E-state index contributed by atoms with van der Waals surface area (Å²) in [7, 11) is -4.29. The van der Waals surface area contributed by atoms with Crippen molar-refractivity contribution in [2.75, 3.05) is 24.4 Å². The van der Waals surface area contributed by atoms with E-state index in [-0.39, 0.29) is 42.1 Å². The molecule has 0 bridgehead atoms. The molecule has 0 saturated carbocycles. The molecule has 2 rings (SSSR count). The Morgan fingerprint density at radius 3 is 2.32 bits per heavy atom. The van der Waals surface area contributed by atoms with E-state index in [0.29, 0.717) is 0 Å². The molecule has 2 aromatic rings. The van der Waals surface area contributed by atoms with Gasteiger partial charge in [-0.2, -0.15) is 10.5 Å². The monoisotopic (exact) mass is 485 g/mol. The Morgan fingerprint density at radius 1 is 1.06 bits per heavy atom. The number of hydrogen-bond acceptors (Lipinski definition) is 9. The highest BCUT2D eigenvalue weighted by Crippen LogP contribution is 2.23. The molecule has 0 radical (unpaired) electrons. The van der Waals surface area contributed by atoms with Crippen LogP contribution in [-0.4, -0.2) is 49.8 Å². The summed E-state index contributed by atoms with van der Waals surface area (Å²) in [5.74, 6) is -1.61. The number of hydrogen-bond donors (Lipinski definition) is 1. The van der Waals surface area contributed by atoms with Gasteiger partial charge in [0, 0.05) is 25.2 Å². The summed E-state index contributed by atoms with van der Waals surface area (Å²) in [6.07, 6.45) is 0.0702. The number of rotatable bonds is 11. The fourth-order valence-corrected chi connectivity index (χ4v) is 3.86. The van der Waals surface area contributed by atoms with Gasteiger partial charge in [0.2, 0.25) is 0 Å². The van der Waals surface area contributed by atoms with E-state index in [1.54, 1.807) is 0 Å². The molecule has 0 unspecified atom stereocenters. The summed E-state index contributed by atoms with van der Waals surface area (Å²) in [4.78, 5) is 35.9. The maximum Gasteiger partial charge on any atom is 0.340 e. The van der Waals surface area contributed by atoms with Gasteiger partial charge in [0.1, 0.15) is 0 Å². The van der Waals surface area contributed by atoms with E-state index >= 15 is 0 Å². The van der Waals surface area contributed by atoms with Crippen LogP contribution in [0.1, 0.15) is 23.2 Å². The van der Waals surface area contributed by atoms with E-state index in [1.165, 1.54) is 35.2 Å². The molecule has 0 aromatic heterocycles. The second-order valence-corrected chi connectivity index (χ2v) is 8.36. The second-order valence-electron chi connectivity index (χ2n) is 6.68. The third-order valence-corrected chi connectivity index (χ3v) is 5.76. The van der Waals surface area contributed by atoms with Crippen LogP contribution in [0.3, 0.4) is 0 Å². The number of carbonyl (C=O) groups is 2. The highest BCUT2D eigenvalue weighted by Gasteiger charge is 2.22. The van der Waals surface area contributed by atoms with Crippen LogP contribution in [-0.2, 0) is 19.6 Å². The minimum Gasteiger partial charge on any atom is -0.452 e. The first kappa shape index (κ1) is 25.8. The van der Waals surface area contributed by atoms with Crippen LogP contribution in [0.15, 0.2) is 53.4 Å². The van der Waals surface area contributed by atoms with Crippen LogP contribution >= 0.6 is 0 Å². The van der Waals surface area contributed by atoms with Gasteiger partial charge in [0.25, 0.3) is 21.6 Å². The van der Waals surface area contributed by atoms with Crippen molar-refractivity contribution in [2.24, 2.45) is 0 Å². The third-order valence-electron chi connectivity index (χ3n) is 4.40. The van der Waals surface area contributed by atoms with Crippen LogP contribution in [0.2, 0.25) is 0 Å². The third kappa shape index (κ3) is 7.01. The highest BCUT2D eigenvalue weighted by molar-refractivity contribution is 7.92. The minimum atomic E-state index is -4.29. The molecule has 0 heterocycles. The van der Waals surface area contributed by atoms with Crippen molar-refractivity contribution in [1.29, 1.82) is 10.5 Å². The minimum absolute atomic E-state index is 0.0351. The number of nitriles is 2. The van der Waals surface area contributed by atoms with Gasteiger partial charge in [-0.15, -0.1) is 0 Å². The average molecular weight is 485 g/mol. The lowest BCUT2D eigenvalue weighted by Gasteiger charge is -2.20. The zero-order valence-corrected chi connectivity index (χ0v) is 18.5. The van der Waals surface area contributed by atoms with Crippen molar-refractivity contribution in [2.45, 2.75) is 17.7 Å². The standard InChI is InChI=1S/C21H19N5O7S/c22-10-4-12-25(13-5-11-23)20(27)15-33-21(28)18-8-1-2-9-19(18)24-34(31,32)17-7-3-6-16(14-17)26(29)30/h1-3,6-9,14,24H,4-5,12-13,15H2. The maximum absolute atomic E-state index is 12.7. The molecule has 12 nitrogen and oxygen atoms in total. The molecule has 176 valence electrons. The fraction of sp³-hybridized carbons (Fsp3) is 0.238. The van der Waals surface area contributed by atoms with Crippen LogP contribution in [0.25, 0.3) is 0 Å². The number of benzene rings is 2. The predicted molar refractivity (Wildman–Crippen MR) is 118 cm³/mol. The van der Waals surface area contributed by atoms with Gasteiger partial charge in [-0.3, -0.25) is 19.6 Å². The van der Waals surface area contributed by atoms with Crippen LogP contribution in [0, 0.1) is 32.8 Å². The van der Waals surface area contributed by atoms with Gasteiger partial charge in [-0.05, 0) is 18.2 Å². The highest BCUT2D eigenvalue weighted by atomic mass is 32.2. The lowest BCUT2D eigenvalue weighted by molar-refractivity contribution is -0.385. The van der Waals surface area contributed by atoms with Crippen LogP contribution in [0.5, 0.6) is 0 Å². The van der Waals surface area contributed by atoms with Crippen molar-refractivity contribution >= 4 is 33.3 Å². The number of carbonyl (C=O) groups excluding carboxylic acids is 2. The van der Waals surface area contributed by atoms with E-state index in [2.05, 4.69) is 4.72 Å². The predicted octanol–water partition coefficient (Wildman–Crippen LogP) is 2.21. The van der Waals surface area contributed by atoms with E-state index in [0.717, 1.165) is 18.2 Å². The smallest absolute Gasteiger partial charge is 0.340 e. The largest absolute Gasteiger partial charge is 0.452 e. The molecule has 0 aliphatic carbocycles. The molecule has 0 saturated heterocycles. The number of nitrogens with one attached hydrogen (secondary N) is 1. The van der Waals surface area contributed by atoms with Crippen molar-refractivity contribution in [3.63, 3.8) is 0 Å². The lowest BCUT2D eigenvalue weighted by atomic mass is 10.2. The molecule has 0 spiro atoms. The van der Waals surface area contributed by atoms with Crippen molar-refractivity contribution in [1.82, 2.24) is 4.90 Å². The summed E-state index contributed by atoms with van der Waals surface area (Å²) in [5.41, 5.74) is -0.770. The summed E-state index contributed by atoms with van der Waals surface area (Å²) in [5, 5.41) is 28.4. The Labute approximate surface area is 195 Å². The number of nitro groups is 1. The molecular weight excluding hydrogens is 466 g/mol. The summed E-state index contributed by atoms with van der Waals surface area (Å²) >= 11 is 0. The number of ether oxygens (including phenoxy) is 1. The topological polar surface area (TPSA) is 183 Å². The Kier molecular flexibility index (Phi) is 9.05. The first-order valence-electron chi connectivity index (χ1n) is 9.74. The summed E-state index contributed by atoms with van der Waals surface area (Å²) in [6, 6.07) is 13.6. The molecule has 0 fully saturated rings. The van der Waals surface area contributed by atoms with Crippen molar-refractivity contribution in [3.05, 3.63) is 64.2 Å². The number of amides is 1. The number of non-ortho nitro benzene ring substituents is 1. The Morgan fingerprint density at radius 2 is 1.71 bits per heavy atom. The fourth-order valence-electron chi connectivity index (χ4n) is 2.75. The number of anilines is 1. The first-order chi connectivity index (χ1) is 16.2. The molecule has 13 heteroatoms. The molecule has 2 aromatic carbocycles. The summed E-state index contributed by atoms with van der Waals surface area (Å²) in [6.45, 7) is -0.552. The quantitative estimate of drug-likeness (QED) is 0.283. The van der Waals surface area contributed by atoms with Gasteiger partial charge in [-0.1, -0.05) is 18.2 Å². The zero-order chi connectivity index (χ0) is 25.1. The van der Waals surface area contributed by atoms with Gasteiger partial charge < -0.3 is 9.64 Å². The lowest BCUT2D eigenvalue weighted by Crippen LogP contribution is -2.36. The number of nitro benzene ring substituents is 1.